The van der Waals surface area contributed by atoms with E-state index >= 15 is 0 Å². The second-order valence-electron chi connectivity index (χ2n) is 4.95. The third-order valence-electron chi connectivity index (χ3n) is 3.50. The molecule has 1 aliphatic heterocycles. The molecule has 1 fully saturated rings. The van der Waals surface area contributed by atoms with Gasteiger partial charge in [-0.2, -0.15) is 4.98 Å². The maximum absolute atomic E-state index is 9.25. The van der Waals surface area contributed by atoms with Crippen LogP contribution >= 0.6 is 0 Å². The SMILES string of the molecule is CO[C@@H]1CN[C@@H](c2nc(Cc3ccc(O)cc3)no2)C1. The molecule has 1 aliphatic rings. The van der Waals surface area contributed by atoms with Crippen LogP contribution in [0.2, 0.25) is 0 Å². The van der Waals surface area contributed by atoms with E-state index in [2.05, 4.69) is 15.5 Å². The van der Waals surface area contributed by atoms with Crippen molar-refractivity contribution in [1.82, 2.24) is 15.5 Å². The molecule has 6 heteroatoms. The van der Waals surface area contributed by atoms with Gasteiger partial charge in [0.15, 0.2) is 5.82 Å². The van der Waals surface area contributed by atoms with Gasteiger partial charge in [-0.1, -0.05) is 17.3 Å². The van der Waals surface area contributed by atoms with Crippen molar-refractivity contribution in [3.05, 3.63) is 41.5 Å². The molecule has 0 bridgehead atoms. The summed E-state index contributed by atoms with van der Waals surface area (Å²) >= 11 is 0. The van der Waals surface area contributed by atoms with Crippen LogP contribution < -0.4 is 5.32 Å². The van der Waals surface area contributed by atoms with E-state index in [1.807, 2.05) is 12.1 Å². The lowest BCUT2D eigenvalue weighted by Crippen LogP contribution is -2.16. The summed E-state index contributed by atoms with van der Waals surface area (Å²) in [4.78, 5) is 4.42. The number of aromatic nitrogens is 2. The first-order valence-corrected chi connectivity index (χ1v) is 6.61. The Morgan fingerprint density at radius 1 is 1.40 bits per heavy atom. The van der Waals surface area contributed by atoms with Gasteiger partial charge >= 0.3 is 0 Å². The molecule has 2 heterocycles. The van der Waals surface area contributed by atoms with Crippen molar-refractivity contribution in [3.63, 3.8) is 0 Å². The molecule has 106 valence electrons. The second kappa shape index (κ2) is 5.60. The van der Waals surface area contributed by atoms with E-state index in [-0.39, 0.29) is 17.9 Å². The van der Waals surface area contributed by atoms with Gasteiger partial charge in [-0.3, -0.25) is 0 Å². The molecular formula is C14H17N3O3. The van der Waals surface area contributed by atoms with Crippen molar-refractivity contribution >= 4 is 0 Å². The van der Waals surface area contributed by atoms with Gasteiger partial charge in [0.2, 0.25) is 5.89 Å². The fraction of sp³-hybridized carbons (Fsp3) is 0.429. The van der Waals surface area contributed by atoms with Crippen LogP contribution in [-0.2, 0) is 11.2 Å². The lowest BCUT2D eigenvalue weighted by atomic mass is 10.1. The van der Waals surface area contributed by atoms with Gasteiger partial charge in [0.25, 0.3) is 0 Å². The molecule has 0 aliphatic carbocycles. The fourth-order valence-electron chi connectivity index (χ4n) is 2.35. The van der Waals surface area contributed by atoms with Crippen LogP contribution in [0.3, 0.4) is 0 Å². The molecule has 0 spiro atoms. The van der Waals surface area contributed by atoms with Crippen molar-refractivity contribution in [3.8, 4) is 5.75 Å². The third kappa shape index (κ3) is 2.81. The zero-order valence-electron chi connectivity index (χ0n) is 11.2. The lowest BCUT2D eigenvalue weighted by molar-refractivity contribution is 0.116. The standard InChI is InChI=1S/C14H17N3O3/c1-19-11-7-12(15-8-11)14-16-13(17-20-14)6-9-2-4-10(18)5-3-9/h2-5,11-12,15,18H,6-8H2,1H3/t11-,12+/m0/s1. The molecule has 6 nitrogen and oxygen atoms in total. The zero-order chi connectivity index (χ0) is 13.9. The van der Waals surface area contributed by atoms with Crippen molar-refractivity contribution in [2.24, 2.45) is 0 Å². The van der Waals surface area contributed by atoms with E-state index in [0.717, 1.165) is 18.5 Å². The molecule has 2 atom stereocenters. The van der Waals surface area contributed by atoms with Crippen molar-refractivity contribution < 1.29 is 14.4 Å². The van der Waals surface area contributed by atoms with Crippen LogP contribution in [0, 0.1) is 0 Å². The molecular weight excluding hydrogens is 258 g/mol. The minimum atomic E-state index is 0.0704. The lowest BCUT2D eigenvalue weighted by Gasteiger charge is -2.04. The van der Waals surface area contributed by atoms with E-state index in [1.54, 1.807) is 19.2 Å². The minimum Gasteiger partial charge on any atom is -0.508 e. The third-order valence-corrected chi connectivity index (χ3v) is 3.50. The molecule has 0 amide bonds. The van der Waals surface area contributed by atoms with Gasteiger partial charge in [0.05, 0.1) is 12.1 Å². The van der Waals surface area contributed by atoms with Crippen molar-refractivity contribution in [1.29, 1.82) is 0 Å². The Labute approximate surface area is 116 Å². The van der Waals surface area contributed by atoms with Gasteiger partial charge in [-0.05, 0) is 24.1 Å². The van der Waals surface area contributed by atoms with Gasteiger partial charge < -0.3 is 19.7 Å². The second-order valence-corrected chi connectivity index (χ2v) is 4.95. The smallest absolute Gasteiger partial charge is 0.243 e. The fourth-order valence-corrected chi connectivity index (χ4v) is 2.35. The first-order chi connectivity index (χ1) is 9.74. The Kier molecular flexibility index (Phi) is 3.66. The number of aromatic hydroxyl groups is 1. The Balaban J connectivity index is 1.66. The predicted octanol–water partition coefficient (Wildman–Crippen LogP) is 1.42. The Hall–Kier alpha value is -1.92. The number of methoxy groups -OCH3 is 1. The number of rotatable bonds is 4. The molecule has 0 saturated carbocycles. The summed E-state index contributed by atoms with van der Waals surface area (Å²) < 4.78 is 10.6. The van der Waals surface area contributed by atoms with Gasteiger partial charge in [0, 0.05) is 20.1 Å². The Morgan fingerprint density at radius 3 is 2.90 bits per heavy atom. The summed E-state index contributed by atoms with van der Waals surface area (Å²) in [5, 5.41) is 16.6. The van der Waals surface area contributed by atoms with E-state index in [1.165, 1.54) is 0 Å². The first kappa shape index (κ1) is 13.1. The van der Waals surface area contributed by atoms with Crippen molar-refractivity contribution in [2.75, 3.05) is 13.7 Å². The minimum absolute atomic E-state index is 0.0704. The van der Waals surface area contributed by atoms with Gasteiger partial charge in [-0.25, -0.2) is 0 Å². The van der Waals surface area contributed by atoms with Crippen LogP contribution in [0.15, 0.2) is 28.8 Å². The molecule has 1 aromatic carbocycles. The highest BCUT2D eigenvalue weighted by Gasteiger charge is 2.29. The average molecular weight is 275 g/mol. The number of phenolic OH excluding ortho intramolecular Hbond substituents is 1. The Morgan fingerprint density at radius 2 is 2.20 bits per heavy atom. The molecule has 2 aromatic rings. The molecule has 0 unspecified atom stereocenters. The number of ether oxygens (including phenoxy) is 1. The number of nitrogens with one attached hydrogen (secondary N) is 1. The first-order valence-electron chi connectivity index (χ1n) is 6.61. The highest BCUT2D eigenvalue weighted by molar-refractivity contribution is 5.27. The molecule has 20 heavy (non-hydrogen) atoms. The maximum Gasteiger partial charge on any atom is 0.243 e. The van der Waals surface area contributed by atoms with E-state index in [0.29, 0.717) is 18.1 Å². The summed E-state index contributed by atoms with van der Waals surface area (Å²) in [5.74, 6) is 1.51. The predicted molar refractivity (Wildman–Crippen MR) is 71.4 cm³/mol. The highest BCUT2D eigenvalue weighted by atomic mass is 16.5. The number of benzene rings is 1. The zero-order valence-corrected chi connectivity index (χ0v) is 11.2. The van der Waals surface area contributed by atoms with E-state index in [9.17, 15) is 5.11 Å². The van der Waals surface area contributed by atoms with Gasteiger partial charge in [0.1, 0.15) is 5.75 Å². The van der Waals surface area contributed by atoms with Crippen LogP contribution in [0.1, 0.15) is 29.7 Å². The molecule has 2 N–H and O–H groups in total. The summed E-state index contributed by atoms with van der Waals surface area (Å²) in [7, 11) is 1.71. The van der Waals surface area contributed by atoms with Crippen LogP contribution in [0.25, 0.3) is 0 Å². The number of phenols is 1. The normalized spacial score (nSPS) is 22.2. The summed E-state index contributed by atoms with van der Waals surface area (Å²) in [6.45, 7) is 0.802. The van der Waals surface area contributed by atoms with Crippen LogP contribution in [0.4, 0.5) is 0 Å². The van der Waals surface area contributed by atoms with E-state index < -0.39 is 0 Å². The maximum atomic E-state index is 9.25. The van der Waals surface area contributed by atoms with E-state index in [4.69, 9.17) is 9.26 Å². The number of hydrogen-bond acceptors (Lipinski definition) is 6. The largest absolute Gasteiger partial charge is 0.508 e. The van der Waals surface area contributed by atoms with Crippen LogP contribution in [0.5, 0.6) is 5.75 Å². The molecule has 0 radical (unpaired) electrons. The number of hydrogen-bond donors (Lipinski definition) is 2. The average Bonchev–Trinajstić information content (AvgIpc) is 3.10. The highest BCUT2D eigenvalue weighted by Crippen LogP contribution is 2.23. The molecule has 3 rings (SSSR count). The van der Waals surface area contributed by atoms with Crippen LogP contribution in [-0.4, -0.2) is 35.0 Å². The molecule has 1 aromatic heterocycles. The van der Waals surface area contributed by atoms with Gasteiger partial charge in [-0.15, -0.1) is 0 Å². The number of nitrogens with zero attached hydrogens (tertiary/aromatic N) is 2. The summed E-state index contributed by atoms with van der Waals surface area (Å²) in [6.07, 6.45) is 1.63. The summed E-state index contributed by atoms with van der Waals surface area (Å²) in [6, 6.07) is 7.07. The summed E-state index contributed by atoms with van der Waals surface area (Å²) in [5.41, 5.74) is 1.03. The quantitative estimate of drug-likeness (QED) is 0.878. The van der Waals surface area contributed by atoms with Crippen molar-refractivity contribution in [2.45, 2.75) is 25.0 Å². The topological polar surface area (TPSA) is 80.4 Å². The molecule has 1 saturated heterocycles. The monoisotopic (exact) mass is 275 g/mol. The Bertz CT molecular complexity index is 567.